The summed E-state index contributed by atoms with van der Waals surface area (Å²) in [7, 11) is 1.28. The van der Waals surface area contributed by atoms with Gasteiger partial charge < -0.3 is 14.8 Å². The van der Waals surface area contributed by atoms with Gasteiger partial charge in [0.1, 0.15) is 5.82 Å². The summed E-state index contributed by atoms with van der Waals surface area (Å²) >= 11 is 1.39. The van der Waals surface area contributed by atoms with E-state index < -0.39 is 24.5 Å². The van der Waals surface area contributed by atoms with Crippen LogP contribution in [0, 0.1) is 5.82 Å². The van der Waals surface area contributed by atoms with Crippen molar-refractivity contribution in [2.45, 2.75) is 11.3 Å². The van der Waals surface area contributed by atoms with Gasteiger partial charge in [-0.25, -0.2) is 9.18 Å². The first-order valence-corrected chi connectivity index (χ1v) is 8.98. The maximum Gasteiger partial charge on any atom is 0.337 e. The second-order valence-electron chi connectivity index (χ2n) is 5.33. The normalized spacial score (nSPS) is 10.1. The molecule has 1 N–H and O–H groups in total. The summed E-state index contributed by atoms with van der Waals surface area (Å²) in [6, 6.07) is 12.1. The molecule has 2 rings (SSSR count). The molecule has 0 aliphatic carbocycles. The standard InChI is InChI=1S/C19H18FNO5S/c1-25-19(24)13-2-6-15(7-3-13)21-17(22)12-26-18(23)10-11-27-16-8-4-14(20)5-9-16/h2-9H,10-12H2,1H3,(H,21,22). The van der Waals surface area contributed by atoms with Crippen LogP contribution in [0.5, 0.6) is 0 Å². The number of ether oxygens (including phenoxy) is 2. The van der Waals surface area contributed by atoms with Gasteiger partial charge in [-0.1, -0.05) is 0 Å². The van der Waals surface area contributed by atoms with Crippen LogP contribution in [0.25, 0.3) is 0 Å². The number of esters is 2. The molecule has 0 spiro atoms. The lowest BCUT2D eigenvalue weighted by Gasteiger charge is -2.07. The maximum absolute atomic E-state index is 12.8. The van der Waals surface area contributed by atoms with Crippen molar-refractivity contribution in [3.05, 3.63) is 59.9 Å². The predicted octanol–water partition coefficient (Wildman–Crippen LogP) is 3.28. The largest absolute Gasteiger partial charge is 0.465 e. The van der Waals surface area contributed by atoms with Crippen LogP contribution in [0.3, 0.4) is 0 Å². The minimum Gasteiger partial charge on any atom is -0.465 e. The Labute approximate surface area is 160 Å². The highest BCUT2D eigenvalue weighted by Crippen LogP contribution is 2.19. The number of rotatable bonds is 8. The van der Waals surface area contributed by atoms with Crippen LogP contribution in [0.1, 0.15) is 16.8 Å². The molecular formula is C19H18FNO5S. The van der Waals surface area contributed by atoms with Gasteiger partial charge in [-0.05, 0) is 48.5 Å². The number of halogens is 1. The monoisotopic (exact) mass is 391 g/mol. The molecule has 0 atom stereocenters. The van der Waals surface area contributed by atoms with E-state index in [9.17, 15) is 18.8 Å². The highest BCUT2D eigenvalue weighted by Gasteiger charge is 2.09. The number of hydrogen-bond acceptors (Lipinski definition) is 6. The van der Waals surface area contributed by atoms with E-state index in [2.05, 4.69) is 10.1 Å². The molecule has 0 saturated heterocycles. The summed E-state index contributed by atoms with van der Waals surface area (Å²) in [5, 5.41) is 2.56. The van der Waals surface area contributed by atoms with Crippen molar-refractivity contribution in [3.63, 3.8) is 0 Å². The highest BCUT2D eigenvalue weighted by molar-refractivity contribution is 7.99. The lowest BCUT2D eigenvalue weighted by molar-refractivity contribution is -0.146. The first-order valence-electron chi connectivity index (χ1n) is 8.00. The zero-order valence-electron chi connectivity index (χ0n) is 14.6. The highest BCUT2D eigenvalue weighted by atomic mass is 32.2. The summed E-state index contributed by atoms with van der Waals surface area (Å²) < 4.78 is 22.3. The Hall–Kier alpha value is -2.87. The Morgan fingerprint density at radius 2 is 1.70 bits per heavy atom. The van der Waals surface area contributed by atoms with Crippen molar-refractivity contribution in [2.75, 3.05) is 24.8 Å². The van der Waals surface area contributed by atoms with Crippen LogP contribution in [0.4, 0.5) is 10.1 Å². The number of anilines is 1. The minimum absolute atomic E-state index is 0.128. The van der Waals surface area contributed by atoms with E-state index in [0.717, 1.165) is 4.90 Å². The Kier molecular flexibility index (Phi) is 7.81. The molecule has 142 valence electrons. The van der Waals surface area contributed by atoms with Gasteiger partial charge in [0.2, 0.25) is 0 Å². The smallest absolute Gasteiger partial charge is 0.337 e. The molecule has 2 aromatic rings. The van der Waals surface area contributed by atoms with Crippen molar-refractivity contribution >= 4 is 35.3 Å². The van der Waals surface area contributed by atoms with E-state index in [0.29, 0.717) is 17.0 Å². The van der Waals surface area contributed by atoms with E-state index in [-0.39, 0.29) is 12.2 Å². The van der Waals surface area contributed by atoms with Crippen LogP contribution in [0.15, 0.2) is 53.4 Å². The van der Waals surface area contributed by atoms with Gasteiger partial charge in [0.05, 0.1) is 19.1 Å². The summed E-state index contributed by atoms with van der Waals surface area (Å²) in [4.78, 5) is 35.6. The van der Waals surface area contributed by atoms with E-state index in [1.807, 2.05) is 0 Å². The molecule has 2 aromatic carbocycles. The molecule has 1 amide bonds. The van der Waals surface area contributed by atoms with Gasteiger partial charge >= 0.3 is 11.9 Å². The van der Waals surface area contributed by atoms with Gasteiger partial charge in [0.15, 0.2) is 6.61 Å². The van der Waals surface area contributed by atoms with Gasteiger partial charge in [-0.2, -0.15) is 0 Å². The Balaban J connectivity index is 1.67. The molecule has 0 bridgehead atoms. The number of nitrogens with one attached hydrogen (secondary N) is 1. The predicted molar refractivity (Wildman–Crippen MR) is 99.1 cm³/mol. The van der Waals surface area contributed by atoms with Crippen molar-refractivity contribution in [2.24, 2.45) is 0 Å². The number of hydrogen-bond donors (Lipinski definition) is 1. The Morgan fingerprint density at radius 1 is 1.04 bits per heavy atom. The molecule has 0 radical (unpaired) electrons. The van der Waals surface area contributed by atoms with E-state index >= 15 is 0 Å². The first kappa shape index (κ1) is 20.4. The van der Waals surface area contributed by atoms with Crippen LogP contribution >= 0.6 is 11.8 Å². The number of amides is 1. The fourth-order valence-electron chi connectivity index (χ4n) is 2.01. The third kappa shape index (κ3) is 7.10. The molecule has 0 unspecified atom stereocenters. The number of carbonyl (C=O) groups excluding carboxylic acids is 3. The topological polar surface area (TPSA) is 81.7 Å². The van der Waals surface area contributed by atoms with Crippen LogP contribution < -0.4 is 5.32 Å². The summed E-state index contributed by atoms with van der Waals surface area (Å²) in [6.45, 7) is -0.404. The van der Waals surface area contributed by atoms with Crippen molar-refractivity contribution in [1.29, 1.82) is 0 Å². The molecule has 6 nitrogen and oxygen atoms in total. The lowest BCUT2D eigenvalue weighted by Crippen LogP contribution is -2.21. The average Bonchev–Trinajstić information content (AvgIpc) is 2.68. The fraction of sp³-hybridized carbons (Fsp3) is 0.211. The van der Waals surface area contributed by atoms with Crippen LogP contribution in [0.2, 0.25) is 0 Å². The molecule has 0 aliphatic rings. The lowest BCUT2D eigenvalue weighted by atomic mass is 10.2. The SMILES string of the molecule is COC(=O)c1ccc(NC(=O)COC(=O)CCSc2ccc(F)cc2)cc1. The van der Waals surface area contributed by atoms with Crippen molar-refractivity contribution < 1.29 is 28.2 Å². The summed E-state index contributed by atoms with van der Waals surface area (Å²) in [5.41, 5.74) is 0.830. The molecule has 27 heavy (non-hydrogen) atoms. The Bertz CT molecular complexity index is 793. The average molecular weight is 391 g/mol. The molecule has 8 heteroatoms. The van der Waals surface area contributed by atoms with Gasteiger partial charge in [-0.15, -0.1) is 11.8 Å². The second-order valence-corrected chi connectivity index (χ2v) is 6.50. The number of carbonyl (C=O) groups is 3. The molecule has 0 fully saturated rings. The number of methoxy groups -OCH3 is 1. The molecule has 0 aliphatic heterocycles. The Morgan fingerprint density at radius 3 is 2.33 bits per heavy atom. The third-order valence-corrected chi connectivity index (χ3v) is 4.36. The first-order chi connectivity index (χ1) is 13.0. The summed E-state index contributed by atoms with van der Waals surface area (Å²) in [5.74, 6) is -1.31. The van der Waals surface area contributed by atoms with E-state index in [1.54, 1.807) is 24.3 Å². The van der Waals surface area contributed by atoms with Gasteiger partial charge in [-0.3, -0.25) is 9.59 Å². The minimum atomic E-state index is -0.499. The number of thioether (sulfide) groups is 1. The molecule has 0 heterocycles. The number of benzene rings is 2. The van der Waals surface area contributed by atoms with Crippen LogP contribution in [-0.2, 0) is 19.1 Å². The molecule has 0 aromatic heterocycles. The van der Waals surface area contributed by atoms with Gasteiger partial charge in [0, 0.05) is 16.3 Å². The third-order valence-electron chi connectivity index (χ3n) is 3.34. The maximum atomic E-state index is 12.8. The van der Waals surface area contributed by atoms with Crippen LogP contribution in [-0.4, -0.2) is 37.3 Å². The summed E-state index contributed by atoms with van der Waals surface area (Å²) in [6.07, 6.45) is 0.128. The van der Waals surface area contributed by atoms with Gasteiger partial charge in [0.25, 0.3) is 5.91 Å². The fourth-order valence-corrected chi connectivity index (χ4v) is 2.84. The second kappa shape index (κ2) is 10.3. The van der Waals surface area contributed by atoms with Crippen molar-refractivity contribution in [3.8, 4) is 0 Å². The molecular weight excluding hydrogens is 373 g/mol. The zero-order chi connectivity index (χ0) is 19.6. The van der Waals surface area contributed by atoms with E-state index in [1.165, 1.54) is 43.1 Å². The van der Waals surface area contributed by atoms with E-state index in [4.69, 9.17) is 4.74 Å². The van der Waals surface area contributed by atoms with Crippen molar-refractivity contribution in [1.82, 2.24) is 0 Å². The molecule has 0 saturated carbocycles. The quantitative estimate of drug-likeness (QED) is 0.549. The zero-order valence-corrected chi connectivity index (χ0v) is 15.4.